The second-order valence-corrected chi connectivity index (χ2v) is 9.77. The molecule has 1 atom stereocenters. The molecule has 0 spiro atoms. The highest BCUT2D eigenvalue weighted by atomic mass is 35.5. The topological polar surface area (TPSA) is 127 Å². The van der Waals surface area contributed by atoms with E-state index in [9.17, 15) is 27.6 Å². The van der Waals surface area contributed by atoms with Crippen molar-refractivity contribution in [2.24, 2.45) is 0 Å². The van der Waals surface area contributed by atoms with Crippen LogP contribution in [0.2, 0.25) is 5.02 Å². The van der Waals surface area contributed by atoms with E-state index in [2.05, 4.69) is 16.5 Å². The van der Waals surface area contributed by atoms with E-state index >= 15 is 0 Å². The van der Waals surface area contributed by atoms with E-state index in [0.717, 1.165) is 22.8 Å². The molecule has 220 valence electrons. The van der Waals surface area contributed by atoms with E-state index < -0.39 is 35.4 Å². The maximum Gasteiger partial charge on any atom is 0.573 e. The Morgan fingerprint density at radius 2 is 1.84 bits per heavy atom. The zero-order valence-corrected chi connectivity index (χ0v) is 22.7. The van der Waals surface area contributed by atoms with Crippen LogP contribution in [-0.2, 0) is 21.7 Å². The lowest BCUT2D eigenvalue weighted by Gasteiger charge is -2.22. The van der Waals surface area contributed by atoms with Crippen LogP contribution in [0.15, 0.2) is 76.6 Å². The van der Waals surface area contributed by atoms with Gasteiger partial charge in [0.05, 0.1) is 30.1 Å². The van der Waals surface area contributed by atoms with Crippen molar-refractivity contribution in [2.75, 3.05) is 7.11 Å². The largest absolute Gasteiger partial charge is 0.573 e. The van der Waals surface area contributed by atoms with Gasteiger partial charge < -0.3 is 18.7 Å². The lowest BCUT2D eigenvalue weighted by molar-refractivity contribution is -0.274. The van der Waals surface area contributed by atoms with Gasteiger partial charge >= 0.3 is 18.1 Å². The van der Waals surface area contributed by atoms with Gasteiger partial charge in [-0.1, -0.05) is 29.4 Å². The Labute approximate surface area is 243 Å². The Morgan fingerprint density at radius 1 is 1.07 bits per heavy atom. The van der Waals surface area contributed by atoms with Crippen LogP contribution in [-0.4, -0.2) is 39.8 Å². The molecule has 43 heavy (non-hydrogen) atoms. The molecule has 1 fully saturated rings. The number of imide groups is 1. The molecule has 0 unspecified atom stereocenters. The van der Waals surface area contributed by atoms with Gasteiger partial charge in [0, 0.05) is 22.7 Å². The third-order valence-corrected chi connectivity index (χ3v) is 7.27. The number of hydrogen-bond donors (Lipinski definition) is 1. The second-order valence-electron chi connectivity index (χ2n) is 9.36. The van der Waals surface area contributed by atoms with Crippen LogP contribution in [0.1, 0.15) is 11.1 Å². The zero-order valence-electron chi connectivity index (χ0n) is 21.9. The summed E-state index contributed by atoms with van der Waals surface area (Å²) in [6.45, 7) is 3.33. The first-order chi connectivity index (χ1) is 20.4. The first-order valence-corrected chi connectivity index (χ1v) is 12.7. The van der Waals surface area contributed by atoms with Crippen LogP contribution < -0.4 is 20.5 Å². The highest BCUT2D eigenvalue weighted by Crippen LogP contribution is 2.35. The Bertz CT molecular complexity index is 2030. The summed E-state index contributed by atoms with van der Waals surface area (Å²) >= 11 is 6.47. The van der Waals surface area contributed by atoms with Crippen LogP contribution in [0.5, 0.6) is 11.5 Å². The van der Waals surface area contributed by atoms with Gasteiger partial charge in [-0.2, -0.15) is 0 Å². The van der Waals surface area contributed by atoms with Crippen LogP contribution in [0.3, 0.4) is 0 Å². The summed E-state index contributed by atoms with van der Waals surface area (Å²) in [5.74, 6) is -0.790. The molecular formula is C28H18ClF3N4O7. The summed E-state index contributed by atoms with van der Waals surface area (Å²) in [4.78, 5) is 38.4. The minimum absolute atomic E-state index is 0.0429. The van der Waals surface area contributed by atoms with E-state index in [4.69, 9.17) is 25.6 Å². The summed E-state index contributed by atoms with van der Waals surface area (Å²) in [5, 5.41) is 6.68. The van der Waals surface area contributed by atoms with Gasteiger partial charge in [-0.25, -0.2) is 14.2 Å². The minimum Gasteiger partial charge on any atom is -0.497 e. The number of hydrogen-bond acceptors (Lipinski definition) is 8. The van der Waals surface area contributed by atoms with Crippen molar-refractivity contribution in [3.63, 3.8) is 0 Å². The molecule has 1 saturated heterocycles. The van der Waals surface area contributed by atoms with Crippen LogP contribution in [0, 0.1) is 0 Å². The van der Waals surface area contributed by atoms with Crippen molar-refractivity contribution in [2.45, 2.75) is 18.5 Å². The lowest BCUT2D eigenvalue weighted by Crippen LogP contribution is -2.34. The molecule has 0 radical (unpaired) electrons. The van der Waals surface area contributed by atoms with Gasteiger partial charge in [-0.15, -0.1) is 13.2 Å². The third-order valence-electron chi connectivity index (χ3n) is 6.90. The van der Waals surface area contributed by atoms with Crippen LogP contribution in [0.25, 0.3) is 27.8 Å². The number of benzene rings is 3. The van der Waals surface area contributed by atoms with Gasteiger partial charge in [0.25, 0.3) is 5.91 Å². The number of carbonyl (C=O) groups excluding carboxylic acids is 2. The molecule has 0 saturated carbocycles. The number of alkyl halides is 3. The van der Waals surface area contributed by atoms with Crippen molar-refractivity contribution in [1.82, 2.24) is 19.6 Å². The highest BCUT2D eigenvalue weighted by Gasteiger charge is 2.48. The lowest BCUT2D eigenvalue weighted by atomic mass is 9.92. The standard InChI is InChI=1S/C28H18ClF3N4O7/c1-3-27(24(37)33-25(38)42-27)15-4-8-19(29)14(10-15)13-35-21-11-17(41-28(30,31)32)6-9-20(21)36(26(35)39)23-18-7-5-16(40-2)12-22(18)43-34-23/h3-12H,1,13H2,2H3,(H,33,37,38)/t27-/m1/s1. The van der Waals surface area contributed by atoms with Crippen molar-refractivity contribution in [3.8, 4) is 17.3 Å². The molecule has 6 rings (SSSR count). The molecule has 5 aromatic rings. The van der Waals surface area contributed by atoms with Crippen LogP contribution >= 0.6 is 11.6 Å². The Kier molecular flexibility index (Phi) is 6.45. The number of aromatic nitrogens is 3. The normalized spacial score (nSPS) is 16.9. The molecule has 0 bridgehead atoms. The van der Waals surface area contributed by atoms with E-state index in [0.29, 0.717) is 16.7 Å². The number of rotatable bonds is 7. The smallest absolute Gasteiger partial charge is 0.497 e. The number of nitrogens with one attached hydrogen (secondary N) is 1. The van der Waals surface area contributed by atoms with E-state index in [1.54, 1.807) is 18.2 Å². The number of imidazole rings is 1. The predicted octanol–water partition coefficient (Wildman–Crippen LogP) is 5.19. The zero-order chi connectivity index (χ0) is 30.7. The molecule has 2 aromatic heterocycles. The van der Waals surface area contributed by atoms with E-state index in [1.807, 2.05) is 5.32 Å². The average molecular weight is 615 g/mol. The van der Waals surface area contributed by atoms with E-state index in [-0.39, 0.29) is 39.5 Å². The maximum absolute atomic E-state index is 14.0. The van der Waals surface area contributed by atoms with Crippen molar-refractivity contribution < 1.29 is 41.5 Å². The van der Waals surface area contributed by atoms with Crippen molar-refractivity contribution in [1.29, 1.82) is 0 Å². The molecule has 3 aromatic carbocycles. The fourth-order valence-electron chi connectivity index (χ4n) is 4.93. The Hall–Kier alpha value is -5.24. The van der Waals surface area contributed by atoms with Gasteiger partial charge in [-0.3, -0.25) is 14.7 Å². The number of halogens is 4. The number of carbonyl (C=O) groups is 2. The van der Waals surface area contributed by atoms with E-state index in [1.165, 1.54) is 35.9 Å². The average Bonchev–Trinajstić information content (AvgIpc) is 3.59. The van der Waals surface area contributed by atoms with Crippen molar-refractivity contribution >= 4 is 45.6 Å². The molecule has 0 aliphatic carbocycles. The minimum atomic E-state index is -4.99. The fraction of sp³-hybridized carbons (Fsp3) is 0.143. The summed E-state index contributed by atoms with van der Waals surface area (Å²) < 4.78 is 61.5. The third kappa shape index (κ3) is 4.65. The van der Waals surface area contributed by atoms with Crippen molar-refractivity contribution in [3.05, 3.63) is 93.9 Å². The molecule has 11 nitrogen and oxygen atoms in total. The summed E-state index contributed by atoms with van der Waals surface area (Å²) in [6, 6.07) is 12.5. The Morgan fingerprint density at radius 3 is 2.51 bits per heavy atom. The number of methoxy groups -OCH3 is 1. The molecule has 1 aliphatic rings. The Balaban J connectivity index is 1.54. The van der Waals surface area contributed by atoms with Crippen LogP contribution in [0.4, 0.5) is 18.0 Å². The maximum atomic E-state index is 14.0. The predicted molar refractivity (Wildman–Crippen MR) is 145 cm³/mol. The number of ether oxygens (including phenoxy) is 3. The highest BCUT2D eigenvalue weighted by molar-refractivity contribution is 6.31. The molecule has 1 N–H and O–H groups in total. The summed E-state index contributed by atoms with van der Waals surface area (Å²) in [6.07, 6.45) is -4.82. The number of cyclic esters (lactones) is 1. The number of alkyl carbamates (subject to hydrolysis) is 1. The molecule has 2 amide bonds. The summed E-state index contributed by atoms with van der Waals surface area (Å²) in [5.41, 5.74) is -1.58. The number of amides is 2. The molecule has 1 aliphatic heterocycles. The van der Waals surface area contributed by atoms with Gasteiger partial charge in [0.15, 0.2) is 11.4 Å². The SMILES string of the molecule is C=C[C@]1(c2ccc(Cl)c(Cn3c(=O)n(-c4noc5cc(OC)ccc45)c4ccc(OC(F)(F)F)cc43)c2)OC(=O)NC1=O. The molecule has 3 heterocycles. The van der Waals surface area contributed by atoms with Gasteiger partial charge in [0.1, 0.15) is 11.5 Å². The van der Waals surface area contributed by atoms with Gasteiger partial charge in [0.2, 0.25) is 5.60 Å². The quantitative estimate of drug-likeness (QED) is 0.248. The molecular weight excluding hydrogens is 597 g/mol. The first kappa shape index (κ1) is 27.9. The molecule has 15 heteroatoms. The van der Waals surface area contributed by atoms with Gasteiger partial charge in [-0.05, 0) is 48.0 Å². The number of fused-ring (bicyclic) bond motifs is 2. The fourth-order valence-corrected chi connectivity index (χ4v) is 5.10. The number of nitrogens with zero attached hydrogens (tertiary/aromatic N) is 3. The monoisotopic (exact) mass is 614 g/mol. The second kappa shape index (κ2) is 9.94. The first-order valence-electron chi connectivity index (χ1n) is 12.4. The summed E-state index contributed by atoms with van der Waals surface area (Å²) in [7, 11) is 1.47.